The fourth-order valence-electron chi connectivity index (χ4n) is 0.565. The van der Waals surface area contributed by atoms with E-state index < -0.39 is 59.9 Å². The third-order valence-corrected chi connectivity index (χ3v) is 1.64. The molecule has 27 heavy (non-hydrogen) atoms. The fraction of sp³-hybridized carbons (Fsp3) is 0.400. The van der Waals surface area contributed by atoms with Crippen molar-refractivity contribution in [1.82, 2.24) is 0 Å². The normalized spacial score (nSPS) is 13.9. The van der Waals surface area contributed by atoms with Gasteiger partial charge in [0.15, 0.2) is 0 Å². The Morgan fingerprint density at radius 3 is 0.815 bits per heavy atom. The van der Waals surface area contributed by atoms with E-state index in [-0.39, 0.29) is 45.5 Å². The molecular weight excluding hydrogens is 500 g/mol. The van der Waals surface area contributed by atoms with Crippen LogP contribution in [0, 0.1) is 0 Å². The van der Waals surface area contributed by atoms with Crippen LogP contribution in [0.2, 0.25) is 0 Å². The molecule has 4 nitrogen and oxygen atoms in total. The molecule has 0 aliphatic carbocycles. The minimum atomic E-state index is -5.46. The van der Waals surface area contributed by atoms with E-state index in [1.165, 1.54) is 0 Å². The maximum absolute atomic E-state index is 11.3. The molecule has 0 N–H and O–H groups in total. The molecule has 0 saturated heterocycles. The van der Waals surface area contributed by atoms with Gasteiger partial charge in [0.2, 0.25) is 0 Å². The molecule has 0 bridgehead atoms. The van der Waals surface area contributed by atoms with Crippen LogP contribution in [0.3, 0.4) is 0 Å². The SMILES string of the molecule is O=C(C=C([O-])C(F)(F)F)C(F)(F)F.O=C(C=C([O-])C(F)(F)F)C(F)(F)F.[Sr+2]. The number of hydrogen-bond acceptors (Lipinski definition) is 4. The molecule has 152 valence electrons. The van der Waals surface area contributed by atoms with Crippen molar-refractivity contribution in [2.45, 2.75) is 24.7 Å². The van der Waals surface area contributed by atoms with E-state index in [4.69, 9.17) is 0 Å². The van der Waals surface area contributed by atoms with Crippen molar-refractivity contribution in [1.29, 1.82) is 0 Å². The zero-order chi connectivity index (χ0) is 21.7. The Kier molecular flexibility index (Phi) is 12.0. The van der Waals surface area contributed by atoms with Crippen molar-refractivity contribution < 1.29 is 72.5 Å². The summed E-state index contributed by atoms with van der Waals surface area (Å²) in [6, 6.07) is 0. The summed E-state index contributed by atoms with van der Waals surface area (Å²) >= 11 is 0. The van der Waals surface area contributed by atoms with E-state index in [2.05, 4.69) is 0 Å². The number of rotatable bonds is 2. The molecule has 0 rings (SSSR count). The van der Waals surface area contributed by atoms with Gasteiger partial charge < -0.3 is 10.2 Å². The van der Waals surface area contributed by atoms with E-state index in [1.807, 2.05) is 0 Å². The van der Waals surface area contributed by atoms with Crippen LogP contribution >= 0.6 is 0 Å². The minimum absolute atomic E-state index is 0. The van der Waals surface area contributed by atoms with E-state index in [9.17, 15) is 72.5 Å². The van der Waals surface area contributed by atoms with Crippen molar-refractivity contribution in [3.63, 3.8) is 0 Å². The Bertz CT molecular complexity index is 527. The van der Waals surface area contributed by atoms with Crippen LogP contribution in [-0.4, -0.2) is 81.8 Å². The summed E-state index contributed by atoms with van der Waals surface area (Å²) in [5.74, 6) is -11.3. The summed E-state index contributed by atoms with van der Waals surface area (Å²) < 4.78 is 136. The topological polar surface area (TPSA) is 80.3 Å². The van der Waals surface area contributed by atoms with E-state index in [0.717, 1.165) is 0 Å². The van der Waals surface area contributed by atoms with Gasteiger partial charge in [-0.1, -0.05) is 0 Å². The predicted molar refractivity (Wildman–Crippen MR) is 56.2 cm³/mol. The average molecular weight is 502 g/mol. The number of carbonyl (C=O) groups is 2. The molecule has 0 atom stereocenters. The summed E-state index contributed by atoms with van der Waals surface area (Å²) in [4.78, 5) is 19.6. The summed E-state index contributed by atoms with van der Waals surface area (Å²) in [5.41, 5.74) is 0. The Labute approximate surface area is 177 Å². The Morgan fingerprint density at radius 2 is 0.704 bits per heavy atom. The van der Waals surface area contributed by atoms with E-state index >= 15 is 0 Å². The molecule has 17 heteroatoms. The van der Waals surface area contributed by atoms with Gasteiger partial charge in [0.05, 0.1) is 0 Å². The molecule has 0 spiro atoms. The van der Waals surface area contributed by atoms with E-state index in [0.29, 0.717) is 0 Å². The molecule has 0 aromatic heterocycles. The third-order valence-electron chi connectivity index (χ3n) is 1.64. The second-order valence-electron chi connectivity index (χ2n) is 3.74. The van der Waals surface area contributed by atoms with Gasteiger partial charge in [-0.3, -0.25) is 9.59 Å². The second-order valence-corrected chi connectivity index (χ2v) is 3.74. The third kappa shape index (κ3) is 13.8. The van der Waals surface area contributed by atoms with Crippen molar-refractivity contribution in [3.05, 3.63) is 23.7 Å². The zero-order valence-electron chi connectivity index (χ0n) is 12.0. The monoisotopic (exact) mass is 502 g/mol. The first-order valence-electron chi connectivity index (χ1n) is 5.24. The number of ketones is 2. The molecule has 0 aromatic carbocycles. The average Bonchev–Trinajstić information content (AvgIpc) is 2.34. The Balaban J connectivity index is -0.000000411. The molecule has 0 amide bonds. The Morgan fingerprint density at radius 1 is 0.519 bits per heavy atom. The number of hydrogen-bond donors (Lipinski definition) is 0. The minimum Gasteiger partial charge on any atom is -0.869 e. The molecule has 0 aliphatic heterocycles. The molecule has 0 heterocycles. The van der Waals surface area contributed by atoms with Gasteiger partial charge in [-0.05, 0) is 23.7 Å². The fourth-order valence-corrected chi connectivity index (χ4v) is 0.565. The number of carbonyl (C=O) groups excluding carboxylic acids is 2. The molecule has 0 aromatic rings. The van der Waals surface area contributed by atoms with Gasteiger partial charge >= 0.3 is 70.2 Å². The summed E-state index contributed by atoms with van der Waals surface area (Å²) in [6.45, 7) is 0. The van der Waals surface area contributed by atoms with Gasteiger partial charge in [0.1, 0.15) is 0 Å². The second kappa shape index (κ2) is 10.6. The van der Waals surface area contributed by atoms with Crippen LogP contribution in [0.5, 0.6) is 0 Å². The standard InChI is InChI=1S/2C5H2F6O2.Sr/c2*6-4(7,8)2(12)1-3(13)5(9,10)11;/h2*1,12H;/q;;+2/p-2. The van der Waals surface area contributed by atoms with Crippen molar-refractivity contribution in [3.8, 4) is 0 Å². The summed E-state index contributed by atoms with van der Waals surface area (Å²) in [6.07, 6.45) is -23.9. The first-order valence-corrected chi connectivity index (χ1v) is 5.24. The van der Waals surface area contributed by atoms with Gasteiger partial charge in [0, 0.05) is 0 Å². The van der Waals surface area contributed by atoms with Gasteiger partial charge in [-0.15, -0.1) is 0 Å². The van der Waals surface area contributed by atoms with Gasteiger partial charge in [0.25, 0.3) is 11.6 Å². The number of alkyl halides is 12. The van der Waals surface area contributed by atoms with Crippen LogP contribution in [-0.2, 0) is 9.59 Å². The largest absolute Gasteiger partial charge is 2.00 e. The van der Waals surface area contributed by atoms with E-state index in [1.54, 1.807) is 0 Å². The van der Waals surface area contributed by atoms with Crippen molar-refractivity contribution >= 4 is 57.0 Å². The summed E-state index contributed by atoms with van der Waals surface area (Å²) in [5, 5.41) is 19.6. The number of halogens is 12. The van der Waals surface area contributed by atoms with Crippen molar-refractivity contribution in [2.75, 3.05) is 0 Å². The van der Waals surface area contributed by atoms with Gasteiger partial charge in [-0.25, -0.2) is 0 Å². The molecule has 0 fully saturated rings. The Hall–Kier alpha value is -0.939. The van der Waals surface area contributed by atoms with Crippen LogP contribution < -0.4 is 10.2 Å². The van der Waals surface area contributed by atoms with Crippen LogP contribution in [0.1, 0.15) is 0 Å². The molecule has 0 saturated carbocycles. The smallest absolute Gasteiger partial charge is 0.869 e. The van der Waals surface area contributed by atoms with Crippen molar-refractivity contribution in [2.24, 2.45) is 0 Å². The molecular formula is C10H2F12O4Sr. The number of allylic oxidation sites excluding steroid dienone is 4. The maximum Gasteiger partial charge on any atom is 2.00 e. The first-order chi connectivity index (χ1) is 11.1. The van der Waals surface area contributed by atoms with Gasteiger partial charge in [-0.2, -0.15) is 52.7 Å². The molecule has 0 radical (unpaired) electrons. The van der Waals surface area contributed by atoms with Crippen LogP contribution in [0.4, 0.5) is 52.7 Å². The molecule has 0 aliphatic rings. The maximum atomic E-state index is 11.3. The molecule has 0 unspecified atom stereocenters. The first kappa shape index (κ1) is 30.8. The predicted octanol–water partition coefficient (Wildman–Crippen LogP) is 1.47. The van der Waals surface area contributed by atoms with Crippen LogP contribution in [0.25, 0.3) is 0 Å². The zero-order valence-corrected chi connectivity index (χ0v) is 15.5. The van der Waals surface area contributed by atoms with Crippen LogP contribution in [0.15, 0.2) is 23.7 Å². The summed E-state index contributed by atoms with van der Waals surface area (Å²) in [7, 11) is 0. The quantitative estimate of drug-likeness (QED) is 0.248.